The van der Waals surface area contributed by atoms with E-state index in [1.165, 1.54) is 12.1 Å². The van der Waals surface area contributed by atoms with E-state index in [4.69, 9.17) is 4.55 Å². The fraction of sp³-hybridized carbons (Fsp3) is 0.263. The van der Waals surface area contributed by atoms with Gasteiger partial charge in [0, 0.05) is 31.7 Å². The highest BCUT2D eigenvalue weighted by Crippen LogP contribution is 2.18. The minimum atomic E-state index is -2.39. The molecule has 3 rings (SSSR count). The number of hydrogen-bond acceptors (Lipinski definition) is 3. The first-order valence-corrected chi connectivity index (χ1v) is 9.83. The molecule has 2 aromatic rings. The molecule has 0 aromatic heterocycles. The summed E-state index contributed by atoms with van der Waals surface area (Å²) in [6, 6.07) is 13.1. The minimum absolute atomic E-state index is 0.0109. The smallest absolute Gasteiger partial charge is 0.259 e. The van der Waals surface area contributed by atoms with Crippen LogP contribution in [0.1, 0.15) is 15.9 Å². The van der Waals surface area contributed by atoms with Gasteiger partial charge in [-0.1, -0.05) is 30.3 Å². The lowest BCUT2D eigenvalue weighted by Gasteiger charge is -2.35. The number of piperazine rings is 1. The molecule has 148 valence electrons. The molecule has 1 atom stereocenters. The van der Waals surface area contributed by atoms with Gasteiger partial charge in [-0.3, -0.25) is 18.9 Å². The van der Waals surface area contributed by atoms with E-state index in [-0.39, 0.29) is 23.1 Å². The van der Waals surface area contributed by atoms with Crippen molar-refractivity contribution in [2.75, 3.05) is 30.9 Å². The molecule has 1 heterocycles. The molecule has 1 aliphatic heterocycles. The Morgan fingerprint density at radius 3 is 2.29 bits per heavy atom. The van der Waals surface area contributed by atoms with Gasteiger partial charge in [0.2, 0.25) is 5.91 Å². The van der Waals surface area contributed by atoms with Gasteiger partial charge in [-0.2, -0.15) is 0 Å². The molecule has 1 unspecified atom stereocenters. The van der Waals surface area contributed by atoms with Crippen LogP contribution in [0.3, 0.4) is 0 Å². The molecule has 28 heavy (non-hydrogen) atoms. The molecule has 2 aromatic carbocycles. The molecule has 9 heteroatoms. The third-order valence-corrected chi connectivity index (χ3v) is 4.93. The van der Waals surface area contributed by atoms with Crippen molar-refractivity contribution in [2.45, 2.75) is 6.42 Å². The molecule has 0 bridgehead atoms. The van der Waals surface area contributed by atoms with E-state index in [0.717, 1.165) is 11.6 Å². The van der Waals surface area contributed by atoms with Crippen molar-refractivity contribution in [1.29, 1.82) is 0 Å². The maximum Gasteiger partial charge on any atom is 0.259 e. The van der Waals surface area contributed by atoms with Crippen LogP contribution in [0.25, 0.3) is 0 Å². The second kappa shape index (κ2) is 8.94. The van der Waals surface area contributed by atoms with Crippen molar-refractivity contribution in [1.82, 2.24) is 9.80 Å². The summed E-state index contributed by atoms with van der Waals surface area (Å²) in [4.78, 5) is 28.3. The number of hydrogen-bond donors (Lipinski definition) is 2. The average molecular weight is 405 g/mol. The van der Waals surface area contributed by atoms with Crippen LogP contribution in [0.15, 0.2) is 48.5 Å². The first-order chi connectivity index (χ1) is 13.4. The third kappa shape index (κ3) is 4.93. The summed E-state index contributed by atoms with van der Waals surface area (Å²) in [5.74, 6) is -1.12. The van der Waals surface area contributed by atoms with Crippen molar-refractivity contribution in [2.24, 2.45) is 0 Å². The van der Waals surface area contributed by atoms with Gasteiger partial charge in [0.25, 0.3) is 17.2 Å². The number of nitrogens with one attached hydrogen (secondary N) is 1. The summed E-state index contributed by atoms with van der Waals surface area (Å²) >= 11 is -2.39. The van der Waals surface area contributed by atoms with Crippen LogP contribution in [-0.2, 0) is 22.5 Å². The van der Waals surface area contributed by atoms with E-state index in [1.807, 2.05) is 35.1 Å². The lowest BCUT2D eigenvalue weighted by Crippen LogP contribution is -2.51. The Morgan fingerprint density at radius 1 is 1.04 bits per heavy atom. The summed E-state index contributed by atoms with van der Waals surface area (Å²) in [6.07, 6.45) is 0.320. The van der Waals surface area contributed by atoms with E-state index in [9.17, 15) is 18.2 Å². The van der Waals surface area contributed by atoms with E-state index in [0.29, 0.717) is 32.6 Å². The maximum absolute atomic E-state index is 14.0. The fourth-order valence-electron chi connectivity index (χ4n) is 3.05. The third-order valence-electron chi connectivity index (χ3n) is 4.53. The first-order valence-electron chi connectivity index (χ1n) is 8.72. The second-order valence-electron chi connectivity index (χ2n) is 6.38. The molecule has 0 aliphatic carbocycles. The lowest BCUT2D eigenvalue weighted by atomic mass is 10.1. The SMILES string of the molecule is O=C(Cc1ccccc1)N1CCN(C(=O)c2ccc(NS(=O)O)c(F)c2)CC1. The Labute approximate surface area is 164 Å². The number of rotatable bonds is 5. The van der Waals surface area contributed by atoms with Gasteiger partial charge < -0.3 is 9.80 Å². The van der Waals surface area contributed by atoms with E-state index in [1.54, 1.807) is 9.80 Å². The molecular weight excluding hydrogens is 385 g/mol. The molecule has 7 nitrogen and oxygen atoms in total. The van der Waals surface area contributed by atoms with Gasteiger partial charge in [0.05, 0.1) is 12.1 Å². The van der Waals surface area contributed by atoms with Crippen molar-refractivity contribution in [3.63, 3.8) is 0 Å². The highest BCUT2D eigenvalue weighted by molar-refractivity contribution is 7.80. The van der Waals surface area contributed by atoms with Crippen molar-refractivity contribution in [3.8, 4) is 0 Å². The number of halogens is 1. The molecule has 0 radical (unpaired) electrons. The summed E-state index contributed by atoms with van der Waals surface area (Å²) in [5.41, 5.74) is 0.934. The number of amides is 2. The Hall–Kier alpha value is -2.78. The topological polar surface area (TPSA) is 90.0 Å². The highest BCUT2D eigenvalue weighted by Gasteiger charge is 2.25. The van der Waals surface area contributed by atoms with E-state index in [2.05, 4.69) is 0 Å². The Kier molecular flexibility index (Phi) is 6.37. The molecular formula is C19H20FN3O4S. The number of carbonyl (C=O) groups excluding carboxylic acids is 2. The van der Waals surface area contributed by atoms with Crippen molar-refractivity contribution >= 4 is 28.8 Å². The Bertz CT molecular complexity index is 886. The zero-order chi connectivity index (χ0) is 20.1. The van der Waals surface area contributed by atoms with Gasteiger partial charge in [-0.05, 0) is 23.8 Å². The largest absolute Gasteiger partial charge is 0.339 e. The zero-order valence-corrected chi connectivity index (χ0v) is 15.8. The molecule has 1 fully saturated rings. The quantitative estimate of drug-likeness (QED) is 0.744. The Morgan fingerprint density at radius 2 is 1.68 bits per heavy atom. The van der Waals surface area contributed by atoms with E-state index < -0.39 is 17.1 Å². The summed E-state index contributed by atoms with van der Waals surface area (Å²) < 4.78 is 35.5. The van der Waals surface area contributed by atoms with Crippen LogP contribution in [0, 0.1) is 5.82 Å². The Balaban J connectivity index is 1.57. The van der Waals surface area contributed by atoms with Crippen LogP contribution in [-0.4, -0.2) is 56.6 Å². The van der Waals surface area contributed by atoms with Crippen LogP contribution in [0.5, 0.6) is 0 Å². The molecule has 1 aliphatic rings. The van der Waals surface area contributed by atoms with Crippen molar-refractivity contribution in [3.05, 3.63) is 65.5 Å². The predicted octanol–water partition coefficient (Wildman–Crippen LogP) is 1.90. The molecule has 0 saturated carbocycles. The number of nitrogens with zero attached hydrogens (tertiary/aromatic N) is 2. The first kappa shape index (κ1) is 20.0. The molecule has 2 amide bonds. The summed E-state index contributed by atoms with van der Waals surface area (Å²) in [6.45, 7) is 1.56. The van der Waals surface area contributed by atoms with Crippen LogP contribution >= 0.6 is 0 Å². The average Bonchev–Trinajstić information content (AvgIpc) is 2.69. The van der Waals surface area contributed by atoms with Crippen LogP contribution in [0.4, 0.5) is 10.1 Å². The predicted molar refractivity (Wildman–Crippen MR) is 103 cm³/mol. The summed E-state index contributed by atoms with van der Waals surface area (Å²) in [5, 5.41) is 0. The van der Waals surface area contributed by atoms with Gasteiger partial charge in [0.15, 0.2) is 0 Å². The van der Waals surface area contributed by atoms with Crippen LogP contribution in [0.2, 0.25) is 0 Å². The van der Waals surface area contributed by atoms with Gasteiger partial charge in [0.1, 0.15) is 5.82 Å². The van der Waals surface area contributed by atoms with Crippen molar-refractivity contribution < 1.29 is 22.7 Å². The number of benzene rings is 2. The normalized spacial score (nSPS) is 15.2. The van der Waals surface area contributed by atoms with Gasteiger partial charge >= 0.3 is 0 Å². The monoisotopic (exact) mass is 405 g/mol. The zero-order valence-electron chi connectivity index (χ0n) is 15.0. The van der Waals surface area contributed by atoms with E-state index >= 15 is 0 Å². The fourth-order valence-corrected chi connectivity index (χ4v) is 3.40. The molecule has 2 N–H and O–H groups in total. The summed E-state index contributed by atoms with van der Waals surface area (Å²) in [7, 11) is 0. The second-order valence-corrected chi connectivity index (χ2v) is 7.08. The minimum Gasteiger partial charge on any atom is -0.339 e. The lowest BCUT2D eigenvalue weighted by molar-refractivity contribution is -0.131. The van der Waals surface area contributed by atoms with Gasteiger partial charge in [-0.15, -0.1) is 0 Å². The van der Waals surface area contributed by atoms with Gasteiger partial charge in [-0.25, -0.2) is 8.60 Å². The van der Waals surface area contributed by atoms with Crippen LogP contribution < -0.4 is 4.72 Å². The highest BCUT2D eigenvalue weighted by atomic mass is 32.2. The maximum atomic E-state index is 14.0. The number of anilines is 1. The number of carbonyl (C=O) groups is 2. The standard InChI is InChI=1S/C19H20FN3O4S/c20-16-13-15(6-7-17(16)21-28(26)27)19(25)23-10-8-22(9-11-23)18(24)12-14-4-2-1-3-5-14/h1-7,13,21H,8-12H2,(H,26,27). The molecule has 1 saturated heterocycles. The molecule has 0 spiro atoms.